The summed E-state index contributed by atoms with van der Waals surface area (Å²) in [6, 6.07) is 35.2. The van der Waals surface area contributed by atoms with Gasteiger partial charge in [0.05, 0.1) is 0 Å². The van der Waals surface area contributed by atoms with Crippen LogP contribution in [0.25, 0.3) is 0 Å². The molecule has 0 aliphatic heterocycles. The molecule has 0 aliphatic rings. The second kappa shape index (κ2) is 39.2. The third-order valence-corrected chi connectivity index (χ3v) is 8.53. The molecule has 4 aromatic heterocycles. The maximum atomic E-state index is 10.8. The molecular weight excluding hydrogens is 1290 g/mol. The van der Waals surface area contributed by atoms with Crippen LogP contribution in [-0.4, -0.2) is 34.8 Å². The zero-order valence-corrected chi connectivity index (χ0v) is 48.0. The standard InChI is InChI=1S/2C22H20N2O6.3La.6H2O/c2*25-21(26)13-23-11-3-1-5-17(23)15-29-19-7-9-20(10-8-19)30-16-18-6-2-4-12-24(18)14-22(27)28;;;;;;;;;/h2*1-12H,13-16H2;;;;6*1H2/q;;3*+3;;;;;;/p+2. The minimum absolute atomic E-state index is 0. The normalized spacial score (nSPS) is 9.04. The quantitative estimate of drug-likeness (QED) is 0.0507. The Bertz CT molecular complexity index is 2070. The SMILES string of the molecule is O=C([O-])C[n+]1ccccc1COc1ccc(OCc2cccc[n+]2CC(=O)[O-])cc1.O=C([O-])C[n+]1ccccc1COc1ccc(OCc2cccc[n+]2CC(=O)[O-])cc1.[La+3].[La+3].[La+3].[OH-].[OH-].[OH3+].[OH3+].[OH3+].[OH3+]. The molecule has 69 heavy (non-hydrogen) atoms. The number of nitrogens with zero attached hydrogens (tertiary/aromatic N) is 4. The average Bonchev–Trinajstić information content (AvgIpc) is 3.23. The Morgan fingerprint density at radius 1 is 0.333 bits per heavy atom. The molecule has 0 aliphatic carbocycles. The van der Waals surface area contributed by atoms with Crippen LogP contribution in [-0.2, 0) is 93.7 Å². The number of benzene rings is 2. The summed E-state index contributed by atoms with van der Waals surface area (Å²) < 4.78 is 29.1. The summed E-state index contributed by atoms with van der Waals surface area (Å²) in [5.74, 6) is -2.31. The van der Waals surface area contributed by atoms with Crippen molar-refractivity contribution in [3.8, 4) is 23.0 Å². The minimum Gasteiger partial charge on any atom is -0.870 e. The smallest absolute Gasteiger partial charge is 0.870 e. The Morgan fingerprint density at radius 3 is 0.667 bits per heavy atom. The van der Waals surface area contributed by atoms with Gasteiger partial charge in [0, 0.05) is 48.5 Å². The van der Waals surface area contributed by atoms with Crippen LogP contribution in [0.4, 0.5) is 0 Å². The van der Waals surface area contributed by atoms with Crippen molar-refractivity contribution in [2.45, 2.75) is 52.6 Å². The molecule has 0 spiro atoms. The first-order valence-corrected chi connectivity index (χ1v) is 18.4. The third-order valence-electron chi connectivity index (χ3n) is 8.53. The minimum atomic E-state index is -1.17. The van der Waals surface area contributed by atoms with Crippen molar-refractivity contribution >= 4 is 23.9 Å². The molecule has 0 amide bonds. The van der Waals surface area contributed by atoms with Crippen LogP contribution >= 0.6 is 0 Å². The third kappa shape index (κ3) is 26.3. The summed E-state index contributed by atoms with van der Waals surface area (Å²) in [5.41, 5.74) is 2.79. The van der Waals surface area contributed by atoms with Crippen molar-refractivity contribution in [1.29, 1.82) is 0 Å². The average molecular weight is 1340 g/mol. The number of carboxylic acids is 4. The Kier molecular flexibility index (Phi) is 41.7. The molecule has 14 N–H and O–H groups in total. The molecule has 0 radical (unpaired) electrons. The zero-order chi connectivity index (χ0) is 42.7. The molecular formula is C44H54La3N4O18+11. The summed E-state index contributed by atoms with van der Waals surface area (Å²) >= 11 is 0. The Morgan fingerprint density at radius 2 is 0.507 bits per heavy atom. The largest absolute Gasteiger partial charge is 3.00 e. The van der Waals surface area contributed by atoms with Gasteiger partial charge >= 0.3 is 107 Å². The van der Waals surface area contributed by atoms with Gasteiger partial charge in [0.15, 0.2) is 77.4 Å². The van der Waals surface area contributed by atoms with E-state index in [1.807, 2.05) is 0 Å². The summed E-state index contributed by atoms with van der Waals surface area (Å²) in [6.45, 7) is -0.201. The van der Waals surface area contributed by atoms with Crippen molar-refractivity contribution in [3.05, 3.63) is 169 Å². The van der Waals surface area contributed by atoms with Crippen molar-refractivity contribution in [1.82, 2.24) is 0 Å². The number of rotatable bonds is 20. The Labute approximate surface area is 479 Å². The fraction of sp³-hybridized carbons (Fsp3) is 0.182. The number of carboxylic acid groups (broad SMARTS) is 4. The van der Waals surface area contributed by atoms with Crippen LogP contribution in [0, 0.1) is 107 Å². The number of hydrogen-bond acceptors (Lipinski definition) is 14. The summed E-state index contributed by atoms with van der Waals surface area (Å²) in [6.07, 6.45) is 6.62. The van der Waals surface area contributed by atoms with E-state index in [1.165, 1.54) is 0 Å². The van der Waals surface area contributed by atoms with Gasteiger partial charge in [0.2, 0.25) is 22.8 Å². The number of aromatic nitrogens is 4. The van der Waals surface area contributed by atoms with E-state index in [1.54, 1.807) is 164 Å². The van der Waals surface area contributed by atoms with Gasteiger partial charge in [0.25, 0.3) is 0 Å². The van der Waals surface area contributed by atoms with Crippen LogP contribution in [0.2, 0.25) is 0 Å². The van der Waals surface area contributed by atoms with Crippen LogP contribution < -0.4 is 57.6 Å². The fourth-order valence-corrected chi connectivity index (χ4v) is 5.64. The number of carbonyl (C=O) groups excluding carboxylic acids is 4. The second-order valence-corrected chi connectivity index (χ2v) is 12.9. The van der Waals surface area contributed by atoms with Crippen LogP contribution in [0.1, 0.15) is 22.8 Å². The van der Waals surface area contributed by atoms with Crippen LogP contribution in [0.3, 0.4) is 0 Å². The molecule has 6 aromatic rings. The second-order valence-electron chi connectivity index (χ2n) is 12.9. The number of ether oxygens (including phenoxy) is 4. The maximum absolute atomic E-state index is 10.8. The predicted octanol–water partition coefficient (Wildman–Crippen LogP) is -6.20. The van der Waals surface area contributed by atoms with Gasteiger partial charge in [-0.15, -0.1) is 0 Å². The fourth-order valence-electron chi connectivity index (χ4n) is 5.64. The predicted molar refractivity (Wildman–Crippen MR) is 220 cm³/mol. The molecule has 25 heteroatoms. The van der Waals surface area contributed by atoms with Crippen molar-refractivity contribution in [2.75, 3.05) is 0 Å². The van der Waals surface area contributed by atoms with E-state index in [9.17, 15) is 39.6 Å². The van der Waals surface area contributed by atoms with E-state index in [0.29, 0.717) is 45.8 Å². The van der Waals surface area contributed by atoms with Gasteiger partial charge in [-0.25, -0.2) is 0 Å². The van der Waals surface area contributed by atoms with Gasteiger partial charge in [-0.3, -0.25) is 0 Å². The molecule has 4 heterocycles. The van der Waals surface area contributed by atoms with Gasteiger partial charge < -0.3 is 91.4 Å². The van der Waals surface area contributed by atoms with Gasteiger partial charge in [-0.05, 0) is 72.8 Å². The number of aliphatic carboxylic acids is 4. The van der Waals surface area contributed by atoms with E-state index >= 15 is 0 Å². The van der Waals surface area contributed by atoms with E-state index in [0.717, 1.165) is 0 Å². The molecule has 356 valence electrons. The number of pyridine rings is 4. The Hall–Kier alpha value is -4.54. The summed E-state index contributed by atoms with van der Waals surface area (Å²) in [7, 11) is 0. The molecule has 2 aromatic carbocycles. The van der Waals surface area contributed by atoms with Crippen LogP contribution in [0.15, 0.2) is 146 Å². The topological polar surface area (TPSA) is 405 Å². The van der Waals surface area contributed by atoms with Crippen molar-refractivity contribution in [3.63, 3.8) is 0 Å². The molecule has 0 atom stereocenters. The number of carbonyl (C=O) groups is 4. The summed E-state index contributed by atoms with van der Waals surface area (Å²) in [4.78, 5) is 43.4. The zero-order valence-electron chi connectivity index (χ0n) is 37.1. The van der Waals surface area contributed by atoms with Crippen molar-refractivity contribution in [2.24, 2.45) is 0 Å². The first-order valence-electron chi connectivity index (χ1n) is 18.4. The maximum Gasteiger partial charge on any atom is 3.00 e. The van der Waals surface area contributed by atoms with Gasteiger partial charge in [-0.1, -0.05) is 0 Å². The molecule has 0 fully saturated rings. The van der Waals surface area contributed by atoms with Crippen LogP contribution in [0.5, 0.6) is 23.0 Å². The van der Waals surface area contributed by atoms with E-state index in [4.69, 9.17) is 18.9 Å². The molecule has 0 bridgehead atoms. The number of hydrogen-bond donors (Lipinski definition) is 0. The molecule has 22 nitrogen and oxygen atoms in total. The van der Waals surface area contributed by atoms with Gasteiger partial charge in [0.1, 0.15) is 46.9 Å². The summed E-state index contributed by atoms with van der Waals surface area (Å²) in [5, 5.41) is 43.4. The first-order chi connectivity index (χ1) is 29.0. The first kappa shape index (κ1) is 73.4. The monoisotopic (exact) mass is 1340 g/mol. The van der Waals surface area contributed by atoms with E-state index in [-0.39, 0.29) is 192 Å². The van der Waals surface area contributed by atoms with Crippen molar-refractivity contribution < 1.29 is 216 Å². The molecule has 6 rings (SSSR count). The van der Waals surface area contributed by atoms with Gasteiger partial charge in [-0.2, -0.15) is 18.3 Å². The van der Waals surface area contributed by atoms with E-state index < -0.39 is 23.9 Å². The molecule has 0 unspecified atom stereocenters. The Balaban J connectivity index is -0.000000350. The molecule has 0 saturated heterocycles. The molecule has 0 saturated carbocycles. The van der Waals surface area contributed by atoms with E-state index in [2.05, 4.69) is 0 Å².